The molecule has 14 heteroatoms. The fraction of sp³-hybridized carbons (Fsp3) is 0.615. The molecule has 0 aliphatic heterocycles. The molecule has 0 heterocycles. The van der Waals surface area contributed by atoms with Crippen LogP contribution in [0.1, 0.15) is 53.4 Å². The lowest BCUT2D eigenvalue weighted by atomic mass is 9.97. The van der Waals surface area contributed by atoms with Crippen molar-refractivity contribution in [3.05, 3.63) is 24.3 Å². The second kappa shape index (κ2) is 17.4. The van der Waals surface area contributed by atoms with E-state index in [-0.39, 0.29) is 36.8 Å². The van der Waals surface area contributed by atoms with Crippen molar-refractivity contribution in [1.82, 2.24) is 0 Å². The second-order valence-corrected chi connectivity index (χ2v) is 9.40. The molecule has 0 aliphatic rings. The second-order valence-electron chi connectivity index (χ2n) is 9.40. The number of aliphatic hydroxyl groups is 2. The Bertz CT molecular complexity index is 979. The molecule has 0 spiro atoms. The van der Waals surface area contributed by atoms with Gasteiger partial charge in [0, 0.05) is 24.0 Å². The van der Waals surface area contributed by atoms with Gasteiger partial charge in [-0.3, -0.25) is 9.59 Å². The fourth-order valence-electron chi connectivity index (χ4n) is 2.38. The first-order valence-corrected chi connectivity index (χ1v) is 12.2. The number of rotatable bonds is 18. The summed E-state index contributed by atoms with van der Waals surface area (Å²) in [6, 6.07) is 3.82. The summed E-state index contributed by atoms with van der Waals surface area (Å²) >= 11 is 0. The number of carbonyl (C=O) groups excluding carboxylic acids is 4. The molecule has 0 saturated heterocycles. The van der Waals surface area contributed by atoms with Crippen LogP contribution in [-0.4, -0.2) is 83.8 Å². The molecule has 4 atom stereocenters. The summed E-state index contributed by atoms with van der Waals surface area (Å²) in [6.45, 7) is 10.8. The Morgan fingerprint density at radius 2 is 1.02 bits per heavy atom. The predicted molar refractivity (Wildman–Crippen MR) is 137 cm³/mol. The number of carbonyl (C=O) groups is 4. The van der Waals surface area contributed by atoms with Gasteiger partial charge >= 0.3 is 23.9 Å². The Hall–Kier alpha value is -4.14. The lowest BCUT2D eigenvalue weighted by Gasteiger charge is -2.19. The van der Waals surface area contributed by atoms with E-state index in [1.807, 2.05) is 12.1 Å². The maximum absolute atomic E-state index is 12.0. The summed E-state index contributed by atoms with van der Waals surface area (Å²) in [6.07, 6.45) is -3.27. The maximum atomic E-state index is 12.0. The monoisotopic (exact) mass is 564 g/mol. The van der Waals surface area contributed by atoms with Crippen molar-refractivity contribution in [3.63, 3.8) is 0 Å². The highest BCUT2D eigenvalue weighted by atomic mass is 16.6. The van der Waals surface area contributed by atoms with E-state index in [9.17, 15) is 39.9 Å². The molecule has 2 N–H and O–H groups in total. The van der Waals surface area contributed by atoms with Gasteiger partial charge in [-0.1, -0.05) is 13.2 Å². The molecule has 4 unspecified atom stereocenters. The quantitative estimate of drug-likeness (QED) is 0.105. The first-order chi connectivity index (χ1) is 18.6. The lowest BCUT2D eigenvalue weighted by Crippen LogP contribution is -2.28. The Morgan fingerprint density at radius 1 is 0.725 bits per heavy atom. The highest BCUT2D eigenvalue weighted by Crippen LogP contribution is 2.24. The van der Waals surface area contributed by atoms with Crippen molar-refractivity contribution in [2.24, 2.45) is 10.2 Å². The number of ether oxygens (including phenoxy) is 4. The van der Waals surface area contributed by atoms with Gasteiger partial charge in [-0.05, 0) is 40.5 Å². The Balaban J connectivity index is 4.71. The van der Waals surface area contributed by atoms with Gasteiger partial charge in [0.05, 0.1) is 12.1 Å². The SMILES string of the molecule is C=C(C)C(=O)OCC(O)COC(=O)CCC(C)(C#N)N=NC(C)(C#N)CCC(=O)OCC(O)COC(=O)C(=C)C. The number of nitriles is 2. The molecule has 0 amide bonds. The normalized spacial score (nSPS) is 15.2. The molecule has 220 valence electrons. The molecule has 0 aromatic carbocycles. The summed E-state index contributed by atoms with van der Waals surface area (Å²) in [5, 5.41) is 46.4. The van der Waals surface area contributed by atoms with E-state index in [0.717, 1.165) is 0 Å². The van der Waals surface area contributed by atoms with Crippen LogP contribution >= 0.6 is 0 Å². The average molecular weight is 565 g/mol. The Labute approximate surface area is 232 Å². The molecule has 0 saturated carbocycles. The van der Waals surface area contributed by atoms with Crippen LogP contribution in [0.5, 0.6) is 0 Å². The molecule has 0 aromatic heterocycles. The van der Waals surface area contributed by atoms with E-state index in [0.29, 0.717) is 0 Å². The van der Waals surface area contributed by atoms with Crippen LogP contribution in [0.3, 0.4) is 0 Å². The van der Waals surface area contributed by atoms with Crippen molar-refractivity contribution in [3.8, 4) is 12.1 Å². The molecule has 0 fully saturated rings. The summed E-state index contributed by atoms with van der Waals surface area (Å²) in [7, 11) is 0. The summed E-state index contributed by atoms with van der Waals surface area (Å²) in [5.74, 6) is -2.88. The Morgan fingerprint density at radius 3 is 1.30 bits per heavy atom. The van der Waals surface area contributed by atoms with Gasteiger partial charge in [0.25, 0.3) is 0 Å². The third-order valence-corrected chi connectivity index (χ3v) is 4.99. The molecular weight excluding hydrogens is 528 g/mol. The maximum Gasteiger partial charge on any atom is 0.333 e. The van der Waals surface area contributed by atoms with Gasteiger partial charge in [-0.2, -0.15) is 20.8 Å². The Kier molecular flexibility index (Phi) is 15.6. The molecule has 0 radical (unpaired) electrons. The van der Waals surface area contributed by atoms with Crippen LogP contribution in [0.25, 0.3) is 0 Å². The first kappa shape index (κ1) is 35.9. The third-order valence-electron chi connectivity index (χ3n) is 4.99. The molecule has 14 nitrogen and oxygen atoms in total. The van der Waals surface area contributed by atoms with E-state index in [1.165, 1.54) is 27.7 Å². The zero-order chi connectivity index (χ0) is 30.9. The van der Waals surface area contributed by atoms with Gasteiger partial charge in [0.1, 0.15) is 38.6 Å². The molecule has 0 aliphatic carbocycles. The predicted octanol–water partition coefficient (Wildman–Crippen LogP) is 1.61. The van der Waals surface area contributed by atoms with Gasteiger partial charge in [-0.25, -0.2) is 9.59 Å². The lowest BCUT2D eigenvalue weighted by molar-refractivity contribution is -0.152. The summed E-state index contributed by atoms with van der Waals surface area (Å²) < 4.78 is 19.3. The van der Waals surface area contributed by atoms with Gasteiger partial charge in [0.2, 0.25) is 0 Å². The fourth-order valence-corrected chi connectivity index (χ4v) is 2.38. The van der Waals surface area contributed by atoms with E-state index in [4.69, 9.17) is 18.9 Å². The van der Waals surface area contributed by atoms with Crippen molar-refractivity contribution in [1.29, 1.82) is 10.5 Å². The van der Waals surface area contributed by atoms with E-state index in [2.05, 4.69) is 23.4 Å². The van der Waals surface area contributed by atoms with Crippen LogP contribution in [0.15, 0.2) is 34.5 Å². The zero-order valence-corrected chi connectivity index (χ0v) is 23.2. The third kappa shape index (κ3) is 15.3. The highest BCUT2D eigenvalue weighted by Gasteiger charge is 2.30. The minimum absolute atomic E-state index is 0.121. The molecule has 0 rings (SSSR count). The van der Waals surface area contributed by atoms with Crippen molar-refractivity contribution in [2.75, 3.05) is 26.4 Å². The highest BCUT2D eigenvalue weighted by molar-refractivity contribution is 5.87. The largest absolute Gasteiger partial charge is 0.463 e. The number of hydrogen-bond acceptors (Lipinski definition) is 14. The van der Waals surface area contributed by atoms with Gasteiger partial charge < -0.3 is 29.2 Å². The smallest absolute Gasteiger partial charge is 0.333 e. The zero-order valence-electron chi connectivity index (χ0n) is 23.2. The summed E-state index contributed by atoms with van der Waals surface area (Å²) in [5.41, 5.74) is -2.70. The van der Waals surface area contributed by atoms with Gasteiger partial charge in [-0.15, -0.1) is 0 Å². The van der Waals surface area contributed by atoms with E-state index >= 15 is 0 Å². The van der Waals surface area contributed by atoms with E-state index in [1.54, 1.807) is 0 Å². The molecule has 40 heavy (non-hydrogen) atoms. The molecular formula is C26H36N4O10. The number of azo groups is 1. The summed E-state index contributed by atoms with van der Waals surface area (Å²) in [4.78, 5) is 46.7. The van der Waals surface area contributed by atoms with Crippen LogP contribution in [0, 0.1) is 22.7 Å². The van der Waals surface area contributed by atoms with Crippen LogP contribution in [0.4, 0.5) is 0 Å². The van der Waals surface area contributed by atoms with Gasteiger partial charge in [0.15, 0.2) is 11.1 Å². The number of hydrogen-bond donors (Lipinski definition) is 2. The molecule has 0 bridgehead atoms. The van der Waals surface area contributed by atoms with Crippen LogP contribution < -0.4 is 0 Å². The van der Waals surface area contributed by atoms with E-state index < -0.39 is 73.6 Å². The number of aliphatic hydroxyl groups excluding tert-OH is 2. The van der Waals surface area contributed by atoms with Crippen LogP contribution in [-0.2, 0) is 38.1 Å². The van der Waals surface area contributed by atoms with Crippen molar-refractivity contribution < 1.29 is 48.3 Å². The van der Waals surface area contributed by atoms with Crippen molar-refractivity contribution in [2.45, 2.75) is 76.7 Å². The minimum Gasteiger partial charge on any atom is -0.463 e. The number of nitrogens with zero attached hydrogens (tertiary/aromatic N) is 4. The first-order valence-electron chi connectivity index (χ1n) is 12.2. The standard InChI is InChI=1S/C26H36N4O10/c1-17(2)23(35)39-13-19(31)11-37-21(33)7-9-25(5,15-27)29-30-26(6,16-28)10-8-22(34)38-12-20(32)14-40-24(36)18(3)4/h19-20,31-32H,1,3,7-14H2,2,4-6H3. The van der Waals surface area contributed by atoms with Crippen molar-refractivity contribution >= 4 is 23.9 Å². The average Bonchev–Trinajstić information content (AvgIpc) is 2.92. The number of esters is 4. The molecule has 0 aromatic rings. The minimum atomic E-state index is -1.50. The van der Waals surface area contributed by atoms with Crippen LogP contribution in [0.2, 0.25) is 0 Å². The topological polar surface area (TPSA) is 218 Å².